The molecule has 98 valence electrons. The molecule has 1 aromatic carbocycles. The Morgan fingerprint density at radius 1 is 1.39 bits per heavy atom. The summed E-state index contributed by atoms with van der Waals surface area (Å²) in [6, 6.07) is 7.38. The van der Waals surface area contributed by atoms with Crippen molar-refractivity contribution in [3.63, 3.8) is 0 Å². The summed E-state index contributed by atoms with van der Waals surface area (Å²) in [4.78, 5) is 15.0. The molecule has 2 atom stereocenters. The van der Waals surface area contributed by atoms with Crippen LogP contribution in [0.15, 0.2) is 24.3 Å². The molecule has 0 spiro atoms. The minimum atomic E-state index is -0.517. The molecule has 3 N–H and O–H groups in total. The predicted molar refractivity (Wildman–Crippen MR) is 71.3 cm³/mol. The highest BCUT2D eigenvalue weighted by atomic mass is 16.3. The van der Waals surface area contributed by atoms with Crippen LogP contribution < -0.4 is 10.6 Å². The summed E-state index contributed by atoms with van der Waals surface area (Å²) in [7, 11) is 1.72. The van der Waals surface area contributed by atoms with Crippen molar-refractivity contribution in [2.24, 2.45) is 0 Å². The van der Waals surface area contributed by atoms with Crippen molar-refractivity contribution < 1.29 is 9.90 Å². The summed E-state index contributed by atoms with van der Waals surface area (Å²) < 4.78 is 0. The molecule has 0 saturated carbocycles. The van der Waals surface area contributed by atoms with Crippen molar-refractivity contribution in [2.75, 3.05) is 30.8 Å². The van der Waals surface area contributed by atoms with Crippen LogP contribution in [0.5, 0.6) is 0 Å². The Morgan fingerprint density at radius 2 is 2.00 bits per heavy atom. The first kappa shape index (κ1) is 12.7. The molecule has 1 amide bonds. The summed E-state index contributed by atoms with van der Waals surface area (Å²) in [5.41, 5.74) is 7.38. The van der Waals surface area contributed by atoms with Crippen LogP contribution in [0.4, 0.5) is 11.4 Å². The number of nitrogens with two attached hydrogens (primary N) is 1. The number of carbonyl (C=O) groups is 1. The fourth-order valence-electron chi connectivity index (χ4n) is 2.28. The van der Waals surface area contributed by atoms with E-state index < -0.39 is 6.10 Å². The molecule has 0 aromatic heterocycles. The highest BCUT2D eigenvalue weighted by Gasteiger charge is 2.35. The van der Waals surface area contributed by atoms with Crippen molar-refractivity contribution in [1.29, 1.82) is 0 Å². The van der Waals surface area contributed by atoms with E-state index in [9.17, 15) is 9.90 Å². The van der Waals surface area contributed by atoms with E-state index in [1.54, 1.807) is 11.9 Å². The molecule has 5 nitrogen and oxygen atoms in total. The van der Waals surface area contributed by atoms with Crippen LogP contribution in [-0.4, -0.2) is 48.2 Å². The molecule has 1 aliphatic heterocycles. The van der Waals surface area contributed by atoms with Crippen LogP contribution in [0.3, 0.4) is 0 Å². The Hall–Kier alpha value is -1.75. The van der Waals surface area contributed by atoms with Crippen LogP contribution in [0, 0.1) is 0 Å². The second kappa shape index (κ2) is 4.86. The molecular formula is C13H19N3O2. The van der Waals surface area contributed by atoms with E-state index in [2.05, 4.69) is 4.90 Å². The molecule has 0 radical (unpaired) electrons. The zero-order valence-electron chi connectivity index (χ0n) is 10.7. The number of amides is 1. The van der Waals surface area contributed by atoms with Crippen molar-refractivity contribution in [2.45, 2.75) is 19.1 Å². The average Bonchev–Trinajstić information content (AvgIpc) is 2.71. The minimum absolute atomic E-state index is 0.0294. The summed E-state index contributed by atoms with van der Waals surface area (Å²) in [6.45, 7) is 2.69. The van der Waals surface area contributed by atoms with Gasteiger partial charge in [0, 0.05) is 38.4 Å². The molecule has 1 aromatic rings. The maximum absolute atomic E-state index is 11.3. The second-order valence-electron chi connectivity index (χ2n) is 4.76. The maximum Gasteiger partial charge on any atom is 0.219 e. The first-order valence-electron chi connectivity index (χ1n) is 6.01. The largest absolute Gasteiger partial charge is 0.399 e. The van der Waals surface area contributed by atoms with Gasteiger partial charge in [-0.1, -0.05) is 0 Å². The summed E-state index contributed by atoms with van der Waals surface area (Å²) >= 11 is 0. The van der Waals surface area contributed by atoms with Crippen molar-refractivity contribution in [3.8, 4) is 0 Å². The molecular weight excluding hydrogens is 230 g/mol. The van der Waals surface area contributed by atoms with Crippen LogP contribution in [-0.2, 0) is 4.79 Å². The number of carbonyl (C=O) groups excluding carboxylic acids is 1. The lowest BCUT2D eigenvalue weighted by molar-refractivity contribution is -0.130. The SMILES string of the molecule is CC(=O)N(C)C1CN(c2ccc(N)cc2)CC1O. The van der Waals surface area contributed by atoms with E-state index >= 15 is 0 Å². The van der Waals surface area contributed by atoms with Gasteiger partial charge < -0.3 is 20.6 Å². The highest BCUT2D eigenvalue weighted by molar-refractivity contribution is 5.73. The first-order valence-corrected chi connectivity index (χ1v) is 6.01. The predicted octanol–water partition coefficient (Wildman–Crippen LogP) is 0.297. The van der Waals surface area contributed by atoms with Gasteiger partial charge in [0.05, 0.1) is 12.1 Å². The van der Waals surface area contributed by atoms with Gasteiger partial charge in [-0.2, -0.15) is 0 Å². The van der Waals surface area contributed by atoms with Gasteiger partial charge in [0.15, 0.2) is 0 Å². The molecule has 1 heterocycles. The molecule has 0 bridgehead atoms. The van der Waals surface area contributed by atoms with E-state index in [4.69, 9.17) is 5.73 Å². The van der Waals surface area contributed by atoms with E-state index in [1.807, 2.05) is 24.3 Å². The quantitative estimate of drug-likeness (QED) is 0.739. The molecule has 1 fully saturated rings. The Bertz CT molecular complexity index is 432. The fourth-order valence-corrected chi connectivity index (χ4v) is 2.28. The third kappa shape index (κ3) is 2.41. The van der Waals surface area contributed by atoms with Gasteiger partial charge in [-0.3, -0.25) is 4.79 Å². The van der Waals surface area contributed by atoms with Gasteiger partial charge in [0.1, 0.15) is 0 Å². The van der Waals surface area contributed by atoms with E-state index in [1.165, 1.54) is 6.92 Å². The number of aliphatic hydroxyl groups is 1. The van der Waals surface area contributed by atoms with E-state index in [-0.39, 0.29) is 11.9 Å². The number of hydrogen-bond donors (Lipinski definition) is 2. The van der Waals surface area contributed by atoms with Crippen molar-refractivity contribution in [1.82, 2.24) is 4.90 Å². The number of nitrogens with zero attached hydrogens (tertiary/aromatic N) is 2. The number of aliphatic hydroxyl groups excluding tert-OH is 1. The number of likely N-dealkylation sites (N-methyl/N-ethyl adjacent to an activating group) is 1. The lowest BCUT2D eigenvalue weighted by Gasteiger charge is -2.25. The fraction of sp³-hybridized carbons (Fsp3) is 0.462. The number of β-amino-alcohol motifs (C(OH)–C–C–N with tert-alkyl or cyclic N) is 1. The van der Waals surface area contributed by atoms with Gasteiger partial charge in [-0.25, -0.2) is 0 Å². The van der Waals surface area contributed by atoms with Gasteiger partial charge in [0.2, 0.25) is 5.91 Å². The topological polar surface area (TPSA) is 69.8 Å². The minimum Gasteiger partial charge on any atom is -0.399 e. The molecule has 2 unspecified atom stereocenters. The smallest absolute Gasteiger partial charge is 0.219 e. The molecule has 1 saturated heterocycles. The highest BCUT2D eigenvalue weighted by Crippen LogP contribution is 2.23. The summed E-state index contributed by atoms with van der Waals surface area (Å²) in [6.07, 6.45) is -0.517. The van der Waals surface area contributed by atoms with Gasteiger partial charge >= 0.3 is 0 Å². The third-order valence-electron chi connectivity index (χ3n) is 3.51. The van der Waals surface area contributed by atoms with Crippen molar-refractivity contribution >= 4 is 17.3 Å². The molecule has 18 heavy (non-hydrogen) atoms. The maximum atomic E-state index is 11.3. The number of hydrogen-bond acceptors (Lipinski definition) is 4. The first-order chi connectivity index (χ1) is 8.49. The third-order valence-corrected chi connectivity index (χ3v) is 3.51. The lowest BCUT2D eigenvalue weighted by atomic mass is 10.2. The number of rotatable bonds is 2. The van der Waals surface area contributed by atoms with Crippen LogP contribution in [0.2, 0.25) is 0 Å². The molecule has 5 heteroatoms. The Morgan fingerprint density at radius 3 is 2.56 bits per heavy atom. The van der Waals surface area contributed by atoms with Gasteiger partial charge in [-0.05, 0) is 24.3 Å². The number of anilines is 2. The Balaban J connectivity index is 2.11. The van der Waals surface area contributed by atoms with E-state index in [0.29, 0.717) is 13.1 Å². The van der Waals surface area contributed by atoms with Crippen LogP contribution in [0.1, 0.15) is 6.92 Å². The standard InChI is InChI=1S/C13H19N3O2/c1-9(17)15(2)12-7-16(8-13(12)18)11-5-3-10(14)4-6-11/h3-6,12-13,18H,7-8,14H2,1-2H3. The molecule has 2 rings (SSSR count). The summed E-state index contributed by atoms with van der Waals surface area (Å²) in [5.74, 6) is -0.0294. The van der Waals surface area contributed by atoms with Crippen LogP contribution >= 0.6 is 0 Å². The van der Waals surface area contributed by atoms with Crippen LogP contribution in [0.25, 0.3) is 0 Å². The average molecular weight is 249 g/mol. The summed E-state index contributed by atoms with van der Waals surface area (Å²) in [5, 5.41) is 10.0. The number of nitrogen functional groups attached to an aromatic ring is 1. The zero-order valence-corrected chi connectivity index (χ0v) is 10.7. The normalized spacial score (nSPS) is 23.2. The Kier molecular flexibility index (Phi) is 3.43. The zero-order chi connectivity index (χ0) is 13.3. The second-order valence-corrected chi connectivity index (χ2v) is 4.76. The Labute approximate surface area is 107 Å². The van der Waals surface area contributed by atoms with Crippen molar-refractivity contribution in [3.05, 3.63) is 24.3 Å². The molecule has 1 aliphatic rings. The van der Waals surface area contributed by atoms with Gasteiger partial charge in [0.25, 0.3) is 0 Å². The van der Waals surface area contributed by atoms with E-state index in [0.717, 1.165) is 11.4 Å². The van der Waals surface area contributed by atoms with Gasteiger partial charge in [-0.15, -0.1) is 0 Å². The monoisotopic (exact) mass is 249 g/mol. The lowest BCUT2D eigenvalue weighted by Crippen LogP contribution is -2.43. The number of benzene rings is 1. The molecule has 0 aliphatic carbocycles.